The highest BCUT2D eigenvalue weighted by Crippen LogP contribution is 2.45. The molecular weight excluding hydrogens is 565 g/mol. The van der Waals surface area contributed by atoms with Gasteiger partial charge in [-0.05, 0) is 59.5 Å². The first-order chi connectivity index (χ1) is 19.9. The van der Waals surface area contributed by atoms with Gasteiger partial charge in [0.05, 0.1) is 13.2 Å². The fourth-order valence-corrected chi connectivity index (χ4v) is 5.15. The van der Waals surface area contributed by atoms with Crippen LogP contribution >= 0.6 is 23.2 Å². The molecule has 3 aromatic rings. The first-order valence-corrected chi connectivity index (χ1v) is 14.1. The number of nitrogens with one attached hydrogen (secondary N) is 1. The predicted octanol–water partition coefficient (Wildman–Crippen LogP) is 6.59. The minimum atomic E-state index is -1.44. The Labute approximate surface area is 248 Å². The maximum absolute atomic E-state index is 14.1. The van der Waals surface area contributed by atoms with Gasteiger partial charge in [-0.25, -0.2) is 4.99 Å². The number of rotatable bonds is 13. The monoisotopic (exact) mass is 595 g/mol. The Bertz CT molecular complexity index is 1440. The number of halogens is 2. The average Bonchev–Trinajstić information content (AvgIpc) is 3.36. The number of carbonyl (C=O) groups is 1. The second-order valence-electron chi connectivity index (χ2n) is 9.55. The number of nitrogens with zero attached hydrogens (tertiary/aromatic N) is 4. The normalized spacial score (nSPS) is 17.8. The number of hydrogen-bond acceptors (Lipinski definition) is 6. The van der Waals surface area contributed by atoms with Crippen molar-refractivity contribution in [2.45, 2.75) is 44.4 Å². The molecule has 0 aliphatic carbocycles. The molecule has 1 amide bonds. The van der Waals surface area contributed by atoms with E-state index in [-0.39, 0.29) is 31.4 Å². The Morgan fingerprint density at radius 2 is 1.93 bits per heavy atom. The molecule has 2 N–H and O–H groups in total. The van der Waals surface area contributed by atoms with E-state index in [1.54, 1.807) is 30.3 Å². The molecule has 9 nitrogen and oxygen atoms in total. The van der Waals surface area contributed by atoms with Crippen molar-refractivity contribution in [3.8, 4) is 5.75 Å². The number of azide groups is 1. The van der Waals surface area contributed by atoms with Gasteiger partial charge in [-0.3, -0.25) is 4.79 Å². The van der Waals surface area contributed by atoms with E-state index in [1.165, 1.54) is 0 Å². The van der Waals surface area contributed by atoms with Crippen LogP contribution in [0.15, 0.2) is 76.8 Å². The van der Waals surface area contributed by atoms with Crippen LogP contribution in [0.5, 0.6) is 5.75 Å². The lowest BCUT2D eigenvalue weighted by molar-refractivity contribution is -0.128. The van der Waals surface area contributed by atoms with Crippen LogP contribution < -0.4 is 10.1 Å². The lowest BCUT2D eigenvalue weighted by atomic mass is 9.80. The highest BCUT2D eigenvalue weighted by Gasteiger charge is 2.54. The molecule has 1 aliphatic heterocycles. The highest BCUT2D eigenvalue weighted by atomic mass is 35.5. The van der Waals surface area contributed by atoms with Crippen molar-refractivity contribution in [1.82, 2.24) is 5.32 Å². The summed E-state index contributed by atoms with van der Waals surface area (Å²) in [4.78, 5) is 22.0. The summed E-state index contributed by atoms with van der Waals surface area (Å²) in [6.45, 7) is 2.99. The van der Waals surface area contributed by atoms with Crippen molar-refractivity contribution in [2.24, 2.45) is 10.1 Å². The Morgan fingerprint density at radius 1 is 1.17 bits per heavy atom. The van der Waals surface area contributed by atoms with Crippen molar-refractivity contribution in [3.05, 3.63) is 109 Å². The summed E-state index contributed by atoms with van der Waals surface area (Å²) >= 11 is 12.9. The van der Waals surface area contributed by atoms with E-state index in [9.17, 15) is 4.79 Å². The van der Waals surface area contributed by atoms with Crippen LogP contribution in [0.2, 0.25) is 10.0 Å². The fraction of sp³-hybridized carbons (Fsp3) is 0.333. The lowest BCUT2D eigenvalue weighted by Crippen LogP contribution is -2.50. The molecule has 41 heavy (non-hydrogen) atoms. The standard InChI is InChI=1S/C30H31Cl2N5O4/c1-2-14-34-29(39)30(18-21-6-3-4-7-22(21)19-35-37-33)27(25-13-10-23(31)17-26(25)32)41-28(36-30)20-8-11-24(12-9-20)40-16-5-15-38/h3-4,6-13,17,27,38H,2,5,14-16,18-19H2,1H3,(H,34,39)/t27-,30-/m1/s1. The average molecular weight is 597 g/mol. The van der Waals surface area contributed by atoms with E-state index < -0.39 is 11.6 Å². The van der Waals surface area contributed by atoms with E-state index in [0.29, 0.717) is 46.5 Å². The summed E-state index contributed by atoms with van der Waals surface area (Å²) in [6, 6.07) is 19.7. The van der Waals surface area contributed by atoms with Gasteiger partial charge < -0.3 is 19.9 Å². The van der Waals surface area contributed by atoms with Crippen molar-refractivity contribution < 1.29 is 19.4 Å². The summed E-state index contributed by atoms with van der Waals surface area (Å²) in [5, 5.41) is 16.6. The summed E-state index contributed by atoms with van der Waals surface area (Å²) < 4.78 is 12.2. The van der Waals surface area contributed by atoms with E-state index in [0.717, 1.165) is 17.5 Å². The first kappa shape index (κ1) is 30.2. The Kier molecular flexibility index (Phi) is 10.5. The van der Waals surface area contributed by atoms with Gasteiger partial charge in [0.25, 0.3) is 5.91 Å². The largest absolute Gasteiger partial charge is 0.494 e. The zero-order valence-electron chi connectivity index (χ0n) is 22.6. The fourth-order valence-electron chi connectivity index (χ4n) is 4.65. The number of aliphatic hydroxyl groups is 1. The molecular formula is C30H31Cl2N5O4. The number of aliphatic hydroxyl groups excluding tert-OH is 1. The number of hydrogen-bond donors (Lipinski definition) is 2. The van der Waals surface area contributed by atoms with Gasteiger partial charge in [-0.1, -0.05) is 65.6 Å². The summed E-state index contributed by atoms with van der Waals surface area (Å²) in [7, 11) is 0. The molecule has 0 fully saturated rings. The molecule has 4 rings (SSSR count). The predicted molar refractivity (Wildman–Crippen MR) is 159 cm³/mol. The van der Waals surface area contributed by atoms with Crippen LogP contribution in [0.4, 0.5) is 0 Å². The second kappa shape index (κ2) is 14.2. The Morgan fingerprint density at radius 3 is 2.61 bits per heavy atom. The first-order valence-electron chi connectivity index (χ1n) is 13.3. The SMILES string of the molecule is CCCNC(=O)[C@]1(Cc2ccccc2CN=[N+]=[N-])N=C(c2ccc(OCCCO)cc2)O[C@@H]1c1ccc(Cl)cc1Cl. The molecule has 0 bridgehead atoms. The molecule has 0 saturated heterocycles. The zero-order valence-corrected chi connectivity index (χ0v) is 24.1. The topological polar surface area (TPSA) is 129 Å². The van der Waals surface area contributed by atoms with Gasteiger partial charge in [-0.2, -0.15) is 0 Å². The number of aliphatic imine (C=N–C) groups is 1. The van der Waals surface area contributed by atoms with Gasteiger partial charge in [0, 0.05) is 52.1 Å². The molecule has 0 aromatic heterocycles. The molecule has 0 spiro atoms. The molecule has 0 radical (unpaired) electrons. The van der Waals surface area contributed by atoms with Crippen LogP contribution in [-0.2, 0) is 22.5 Å². The van der Waals surface area contributed by atoms with Crippen molar-refractivity contribution >= 4 is 35.0 Å². The van der Waals surface area contributed by atoms with Gasteiger partial charge in [0.1, 0.15) is 5.75 Å². The quantitative estimate of drug-likeness (QED) is 0.0998. The third-order valence-corrected chi connectivity index (χ3v) is 7.26. The minimum absolute atomic E-state index is 0.0472. The van der Waals surface area contributed by atoms with Gasteiger partial charge >= 0.3 is 0 Å². The molecule has 2 atom stereocenters. The van der Waals surface area contributed by atoms with Crippen molar-refractivity contribution in [1.29, 1.82) is 0 Å². The van der Waals surface area contributed by atoms with Crippen LogP contribution in [0.25, 0.3) is 10.4 Å². The van der Waals surface area contributed by atoms with E-state index in [2.05, 4.69) is 15.3 Å². The summed E-state index contributed by atoms with van der Waals surface area (Å²) in [5.74, 6) is 0.604. The van der Waals surface area contributed by atoms with Crippen LogP contribution in [0.3, 0.4) is 0 Å². The van der Waals surface area contributed by atoms with Crippen LogP contribution in [0.1, 0.15) is 48.1 Å². The lowest BCUT2D eigenvalue weighted by Gasteiger charge is -2.31. The molecule has 3 aromatic carbocycles. The van der Waals surface area contributed by atoms with E-state index in [1.807, 2.05) is 43.3 Å². The number of amides is 1. The summed E-state index contributed by atoms with van der Waals surface area (Å²) in [5.41, 5.74) is 10.3. The molecule has 1 heterocycles. The molecule has 11 heteroatoms. The summed E-state index contributed by atoms with van der Waals surface area (Å²) in [6.07, 6.45) is 0.538. The third-order valence-electron chi connectivity index (χ3n) is 6.69. The Hall–Kier alpha value is -3.75. The third kappa shape index (κ3) is 7.13. The number of benzene rings is 3. The minimum Gasteiger partial charge on any atom is -0.494 e. The number of carbonyl (C=O) groups excluding carboxylic acids is 1. The van der Waals surface area contributed by atoms with Gasteiger partial charge in [-0.15, -0.1) is 0 Å². The van der Waals surface area contributed by atoms with Crippen molar-refractivity contribution in [3.63, 3.8) is 0 Å². The smallest absolute Gasteiger partial charge is 0.252 e. The molecule has 0 unspecified atom stereocenters. The second-order valence-corrected chi connectivity index (χ2v) is 10.4. The van der Waals surface area contributed by atoms with Gasteiger partial charge in [0.15, 0.2) is 11.6 Å². The highest BCUT2D eigenvalue weighted by molar-refractivity contribution is 6.35. The van der Waals surface area contributed by atoms with Crippen molar-refractivity contribution in [2.75, 3.05) is 19.8 Å². The zero-order chi connectivity index (χ0) is 29.2. The van der Waals surface area contributed by atoms with E-state index in [4.69, 9.17) is 48.3 Å². The van der Waals surface area contributed by atoms with E-state index >= 15 is 0 Å². The van der Waals surface area contributed by atoms with Gasteiger partial charge in [0.2, 0.25) is 5.90 Å². The molecule has 1 aliphatic rings. The maximum atomic E-state index is 14.1. The Balaban J connectivity index is 1.84. The van der Waals surface area contributed by atoms with Crippen LogP contribution in [-0.4, -0.2) is 42.2 Å². The van der Waals surface area contributed by atoms with Crippen LogP contribution in [0, 0.1) is 0 Å². The maximum Gasteiger partial charge on any atom is 0.252 e. The number of ether oxygens (including phenoxy) is 2. The molecule has 214 valence electrons. The molecule has 0 saturated carbocycles.